The minimum atomic E-state index is -0.315. The predicted molar refractivity (Wildman–Crippen MR) is 89.0 cm³/mol. The Bertz CT molecular complexity index is 726. The normalized spacial score (nSPS) is 12.0. The summed E-state index contributed by atoms with van der Waals surface area (Å²) in [6.07, 6.45) is 0. The summed E-state index contributed by atoms with van der Waals surface area (Å²) >= 11 is 1.25. The molecular weight excluding hydrogens is 298 g/mol. The standard InChI is InChI=1S/C16H19N3O2S/c1-10-13(12-8-6-5-7-9-12)17-16(18-14(10)20)22-11(2)15(21)19(3)4/h5-9,11H,1-4H3,(H,17,18,20)/t11-/m0/s1. The zero-order valence-corrected chi connectivity index (χ0v) is 13.9. The topological polar surface area (TPSA) is 66.1 Å². The molecule has 116 valence electrons. The zero-order valence-electron chi connectivity index (χ0n) is 13.1. The zero-order chi connectivity index (χ0) is 16.3. The fourth-order valence-electron chi connectivity index (χ4n) is 2.03. The van der Waals surface area contributed by atoms with Crippen molar-refractivity contribution in [3.8, 4) is 11.3 Å². The Kier molecular flexibility index (Phi) is 5.03. The summed E-state index contributed by atoms with van der Waals surface area (Å²) in [6.45, 7) is 3.55. The Morgan fingerprint density at radius 3 is 2.50 bits per heavy atom. The van der Waals surface area contributed by atoms with Crippen LogP contribution in [0, 0.1) is 6.92 Å². The number of benzene rings is 1. The number of rotatable bonds is 4. The molecule has 2 rings (SSSR count). The van der Waals surface area contributed by atoms with Gasteiger partial charge in [-0.25, -0.2) is 4.98 Å². The van der Waals surface area contributed by atoms with E-state index in [1.807, 2.05) is 30.3 Å². The highest BCUT2D eigenvalue weighted by atomic mass is 32.2. The first-order valence-electron chi connectivity index (χ1n) is 6.94. The number of aromatic amines is 1. The van der Waals surface area contributed by atoms with E-state index >= 15 is 0 Å². The number of aromatic nitrogens is 2. The largest absolute Gasteiger partial charge is 0.348 e. The molecule has 0 aliphatic rings. The molecule has 1 heterocycles. The molecule has 0 bridgehead atoms. The fraction of sp³-hybridized carbons (Fsp3) is 0.312. The minimum Gasteiger partial charge on any atom is -0.348 e. The quantitative estimate of drug-likeness (QED) is 0.694. The van der Waals surface area contributed by atoms with Crippen molar-refractivity contribution < 1.29 is 4.79 Å². The van der Waals surface area contributed by atoms with Crippen molar-refractivity contribution >= 4 is 17.7 Å². The summed E-state index contributed by atoms with van der Waals surface area (Å²) < 4.78 is 0. The molecular formula is C16H19N3O2S. The molecule has 0 spiro atoms. The molecule has 1 amide bonds. The van der Waals surface area contributed by atoms with E-state index in [1.54, 1.807) is 27.9 Å². The molecule has 0 aliphatic carbocycles. The fourth-order valence-corrected chi connectivity index (χ4v) is 2.97. The molecule has 0 radical (unpaired) electrons. The molecule has 1 N–H and O–H groups in total. The molecule has 0 fully saturated rings. The van der Waals surface area contributed by atoms with Crippen LogP contribution in [-0.2, 0) is 4.79 Å². The Balaban J connectivity index is 2.37. The van der Waals surface area contributed by atoms with Gasteiger partial charge in [-0.3, -0.25) is 9.59 Å². The minimum absolute atomic E-state index is 0.0190. The van der Waals surface area contributed by atoms with Crippen molar-refractivity contribution in [2.45, 2.75) is 24.3 Å². The number of thioether (sulfide) groups is 1. The van der Waals surface area contributed by atoms with E-state index in [9.17, 15) is 9.59 Å². The molecule has 6 heteroatoms. The van der Waals surface area contributed by atoms with Crippen LogP contribution in [-0.4, -0.2) is 40.1 Å². The maximum atomic E-state index is 12.1. The maximum absolute atomic E-state index is 12.1. The lowest BCUT2D eigenvalue weighted by Crippen LogP contribution is -2.30. The Labute approximate surface area is 133 Å². The van der Waals surface area contributed by atoms with Crippen LogP contribution in [0.5, 0.6) is 0 Å². The summed E-state index contributed by atoms with van der Waals surface area (Å²) in [5, 5.41) is 0.140. The van der Waals surface area contributed by atoms with Gasteiger partial charge in [-0.1, -0.05) is 42.1 Å². The Hall–Kier alpha value is -2.08. The van der Waals surface area contributed by atoms with Crippen molar-refractivity contribution in [1.29, 1.82) is 0 Å². The summed E-state index contributed by atoms with van der Waals surface area (Å²) in [5.41, 5.74) is 1.93. The molecule has 22 heavy (non-hydrogen) atoms. The first-order valence-corrected chi connectivity index (χ1v) is 7.82. The molecule has 0 unspecified atom stereocenters. The maximum Gasteiger partial charge on any atom is 0.255 e. The lowest BCUT2D eigenvalue weighted by molar-refractivity contribution is -0.127. The van der Waals surface area contributed by atoms with Crippen LogP contribution in [0.2, 0.25) is 0 Å². The van der Waals surface area contributed by atoms with E-state index in [1.165, 1.54) is 16.7 Å². The average Bonchev–Trinajstić information content (AvgIpc) is 2.50. The molecule has 0 saturated carbocycles. The second-order valence-electron chi connectivity index (χ2n) is 5.20. The third kappa shape index (κ3) is 3.57. The highest BCUT2D eigenvalue weighted by Crippen LogP contribution is 2.24. The highest BCUT2D eigenvalue weighted by molar-refractivity contribution is 8.00. The van der Waals surface area contributed by atoms with Gasteiger partial charge in [0.25, 0.3) is 5.56 Å². The van der Waals surface area contributed by atoms with Crippen molar-refractivity contribution in [2.75, 3.05) is 14.1 Å². The van der Waals surface area contributed by atoms with Crippen LogP contribution in [0.4, 0.5) is 0 Å². The number of amides is 1. The molecule has 0 aliphatic heterocycles. The van der Waals surface area contributed by atoms with Gasteiger partial charge in [0, 0.05) is 25.2 Å². The van der Waals surface area contributed by atoms with Gasteiger partial charge in [-0.15, -0.1) is 0 Å². The number of nitrogens with one attached hydrogen (secondary N) is 1. The van der Waals surface area contributed by atoms with Gasteiger partial charge in [-0.2, -0.15) is 0 Å². The third-order valence-corrected chi connectivity index (χ3v) is 4.23. The smallest absolute Gasteiger partial charge is 0.255 e. The van der Waals surface area contributed by atoms with E-state index < -0.39 is 0 Å². The summed E-state index contributed by atoms with van der Waals surface area (Å²) in [6, 6.07) is 9.56. The monoisotopic (exact) mass is 317 g/mol. The third-order valence-electron chi connectivity index (χ3n) is 3.25. The van der Waals surface area contributed by atoms with E-state index in [0.29, 0.717) is 16.4 Å². The molecule has 0 saturated heterocycles. The number of carbonyl (C=O) groups is 1. The van der Waals surface area contributed by atoms with Gasteiger partial charge in [-0.05, 0) is 13.8 Å². The SMILES string of the molecule is Cc1c(-c2ccccc2)nc(S[C@@H](C)C(=O)N(C)C)[nH]c1=O. The van der Waals surface area contributed by atoms with Gasteiger partial charge in [0.05, 0.1) is 10.9 Å². The highest BCUT2D eigenvalue weighted by Gasteiger charge is 2.18. The van der Waals surface area contributed by atoms with Crippen molar-refractivity contribution in [3.05, 3.63) is 46.2 Å². The van der Waals surface area contributed by atoms with Gasteiger partial charge in [0.15, 0.2) is 5.16 Å². The Morgan fingerprint density at radius 2 is 1.91 bits per heavy atom. The summed E-state index contributed by atoms with van der Waals surface area (Å²) in [7, 11) is 3.42. The second-order valence-corrected chi connectivity index (χ2v) is 6.53. The summed E-state index contributed by atoms with van der Waals surface area (Å²) in [5.74, 6) is -0.0190. The van der Waals surface area contributed by atoms with Crippen molar-refractivity contribution in [3.63, 3.8) is 0 Å². The first-order chi connectivity index (χ1) is 10.4. The average molecular weight is 317 g/mol. The number of carbonyl (C=O) groups excluding carboxylic acids is 1. The lowest BCUT2D eigenvalue weighted by Gasteiger charge is -2.16. The number of nitrogens with zero attached hydrogens (tertiary/aromatic N) is 2. The van der Waals surface area contributed by atoms with E-state index in [2.05, 4.69) is 9.97 Å². The van der Waals surface area contributed by atoms with Gasteiger partial charge >= 0.3 is 0 Å². The first kappa shape index (κ1) is 16.3. The molecule has 1 aromatic heterocycles. The van der Waals surface area contributed by atoms with E-state index in [-0.39, 0.29) is 16.7 Å². The Morgan fingerprint density at radius 1 is 1.27 bits per heavy atom. The van der Waals surface area contributed by atoms with Crippen LogP contribution in [0.3, 0.4) is 0 Å². The lowest BCUT2D eigenvalue weighted by atomic mass is 10.1. The molecule has 1 atom stereocenters. The van der Waals surface area contributed by atoms with Crippen LogP contribution >= 0.6 is 11.8 Å². The van der Waals surface area contributed by atoms with Crippen LogP contribution < -0.4 is 5.56 Å². The summed E-state index contributed by atoms with van der Waals surface area (Å²) in [4.78, 5) is 32.8. The molecule has 5 nitrogen and oxygen atoms in total. The van der Waals surface area contributed by atoms with Crippen LogP contribution in [0.25, 0.3) is 11.3 Å². The van der Waals surface area contributed by atoms with Gasteiger partial charge < -0.3 is 9.88 Å². The van der Waals surface area contributed by atoms with Crippen LogP contribution in [0.15, 0.2) is 40.3 Å². The van der Waals surface area contributed by atoms with Crippen LogP contribution in [0.1, 0.15) is 12.5 Å². The number of hydrogen-bond acceptors (Lipinski definition) is 4. The number of H-pyrrole nitrogens is 1. The van der Waals surface area contributed by atoms with Gasteiger partial charge in [0.2, 0.25) is 5.91 Å². The number of hydrogen-bond donors (Lipinski definition) is 1. The second kappa shape index (κ2) is 6.79. The molecule has 2 aromatic rings. The van der Waals surface area contributed by atoms with Crippen molar-refractivity contribution in [1.82, 2.24) is 14.9 Å². The van der Waals surface area contributed by atoms with E-state index in [4.69, 9.17) is 0 Å². The van der Waals surface area contributed by atoms with Gasteiger partial charge in [0.1, 0.15) is 0 Å². The van der Waals surface area contributed by atoms with Crippen molar-refractivity contribution in [2.24, 2.45) is 0 Å². The predicted octanol–water partition coefficient (Wildman–Crippen LogP) is 2.31. The van der Waals surface area contributed by atoms with E-state index in [0.717, 1.165) is 5.56 Å². The molecule has 1 aromatic carbocycles.